The molecule has 0 unspecified atom stereocenters. The molecule has 202 valence electrons. The van der Waals surface area contributed by atoms with Crippen molar-refractivity contribution in [3.05, 3.63) is 65.9 Å². The smallest absolute Gasteiger partial charge is 0.234 e. The number of likely N-dealkylation sites (N-methyl/N-ethyl adjacent to an activating group) is 1. The summed E-state index contributed by atoms with van der Waals surface area (Å²) in [4.78, 5) is 32.9. The minimum Gasteiger partial charge on any atom is -0.489 e. The van der Waals surface area contributed by atoms with Crippen LogP contribution in [-0.2, 0) is 22.6 Å². The SMILES string of the molecule is CC(C)N(C)CC(=O)NC1CC2(CCN(C(=O)Cc3c[nH]c4ccc(OCc5ccccc5)cc34)CC2)C1. The van der Waals surface area contributed by atoms with E-state index in [2.05, 4.69) is 29.0 Å². The van der Waals surface area contributed by atoms with Crippen LogP contribution >= 0.6 is 0 Å². The fourth-order valence-electron chi connectivity index (χ4n) is 5.82. The van der Waals surface area contributed by atoms with Gasteiger partial charge in [-0.25, -0.2) is 0 Å². The van der Waals surface area contributed by atoms with Crippen molar-refractivity contribution in [1.29, 1.82) is 0 Å². The van der Waals surface area contributed by atoms with E-state index in [-0.39, 0.29) is 23.3 Å². The van der Waals surface area contributed by atoms with Gasteiger partial charge in [-0.3, -0.25) is 14.5 Å². The molecule has 1 aliphatic carbocycles. The summed E-state index contributed by atoms with van der Waals surface area (Å²) in [6.07, 6.45) is 6.42. The predicted octanol–water partition coefficient (Wildman–Crippen LogP) is 4.52. The Morgan fingerprint density at radius 3 is 2.58 bits per heavy atom. The van der Waals surface area contributed by atoms with Crippen molar-refractivity contribution in [2.45, 2.75) is 64.6 Å². The summed E-state index contributed by atoms with van der Waals surface area (Å²) in [5.41, 5.74) is 3.43. The molecule has 3 aromatic rings. The highest BCUT2D eigenvalue weighted by Crippen LogP contribution is 2.49. The fourth-order valence-corrected chi connectivity index (χ4v) is 5.82. The summed E-state index contributed by atoms with van der Waals surface area (Å²) in [7, 11) is 1.98. The maximum absolute atomic E-state index is 13.2. The molecule has 2 amide bonds. The zero-order valence-electron chi connectivity index (χ0n) is 22.8. The highest BCUT2D eigenvalue weighted by molar-refractivity contribution is 5.89. The van der Waals surface area contributed by atoms with E-state index in [1.54, 1.807) is 0 Å². The first-order valence-corrected chi connectivity index (χ1v) is 13.8. The van der Waals surface area contributed by atoms with Gasteiger partial charge in [-0.15, -0.1) is 0 Å². The molecule has 1 aliphatic heterocycles. The van der Waals surface area contributed by atoms with Crippen LogP contribution in [0.25, 0.3) is 10.9 Å². The zero-order valence-corrected chi connectivity index (χ0v) is 22.8. The van der Waals surface area contributed by atoms with Gasteiger partial charge in [0.05, 0.1) is 13.0 Å². The molecule has 5 rings (SSSR count). The Balaban J connectivity index is 1.10. The van der Waals surface area contributed by atoms with Crippen molar-refractivity contribution >= 4 is 22.7 Å². The predicted molar refractivity (Wildman–Crippen MR) is 150 cm³/mol. The maximum Gasteiger partial charge on any atom is 0.234 e. The molecule has 7 heteroatoms. The number of carbonyl (C=O) groups is 2. The summed E-state index contributed by atoms with van der Waals surface area (Å²) in [6.45, 7) is 6.74. The molecule has 2 heterocycles. The van der Waals surface area contributed by atoms with E-state index < -0.39 is 0 Å². The molecule has 2 N–H and O–H groups in total. The Morgan fingerprint density at radius 1 is 1.13 bits per heavy atom. The van der Waals surface area contributed by atoms with Gasteiger partial charge in [-0.05, 0) is 81.3 Å². The Hall–Kier alpha value is -3.32. The molecule has 2 aliphatic rings. The van der Waals surface area contributed by atoms with Crippen LogP contribution in [-0.4, -0.2) is 65.4 Å². The summed E-state index contributed by atoms with van der Waals surface area (Å²) < 4.78 is 6.01. The second-order valence-electron chi connectivity index (χ2n) is 11.5. The Kier molecular flexibility index (Phi) is 7.75. The topological polar surface area (TPSA) is 77.7 Å². The second-order valence-corrected chi connectivity index (χ2v) is 11.5. The number of rotatable bonds is 9. The van der Waals surface area contributed by atoms with Gasteiger partial charge in [0, 0.05) is 42.3 Å². The maximum atomic E-state index is 13.2. The van der Waals surface area contributed by atoms with Crippen LogP contribution in [0.3, 0.4) is 0 Å². The van der Waals surface area contributed by atoms with Gasteiger partial charge in [-0.2, -0.15) is 0 Å². The highest BCUT2D eigenvalue weighted by Gasteiger charge is 2.46. The van der Waals surface area contributed by atoms with Crippen LogP contribution in [0.1, 0.15) is 50.7 Å². The number of carbonyl (C=O) groups excluding carboxylic acids is 2. The van der Waals surface area contributed by atoms with Crippen molar-refractivity contribution in [3.8, 4) is 5.75 Å². The molecule has 0 radical (unpaired) electrons. The summed E-state index contributed by atoms with van der Waals surface area (Å²) in [5, 5.41) is 4.24. The van der Waals surface area contributed by atoms with Gasteiger partial charge in [0.25, 0.3) is 0 Å². The second kappa shape index (κ2) is 11.2. The third-order valence-corrected chi connectivity index (χ3v) is 8.50. The van der Waals surface area contributed by atoms with Crippen LogP contribution in [0.2, 0.25) is 0 Å². The van der Waals surface area contributed by atoms with Gasteiger partial charge in [0.2, 0.25) is 11.8 Å². The molecule has 0 bridgehead atoms. The van der Waals surface area contributed by atoms with Crippen molar-refractivity contribution in [2.24, 2.45) is 5.41 Å². The minimum atomic E-state index is 0.112. The van der Waals surface area contributed by atoms with E-state index in [0.29, 0.717) is 25.6 Å². The number of nitrogens with one attached hydrogen (secondary N) is 2. The van der Waals surface area contributed by atoms with Crippen molar-refractivity contribution in [3.63, 3.8) is 0 Å². The molecule has 0 atom stereocenters. The lowest BCUT2D eigenvalue weighted by Crippen LogP contribution is -2.56. The highest BCUT2D eigenvalue weighted by atomic mass is 16.5. The van der Waals surface area contributed by atoms with Crippen molar-refractivity contribution in [2.75, 3.05) is 26.7 Å². The Bertz CT molecular complexity index is 1250. The number of nitrogens with zero attached hydrogens (tertiary/aromatic N) is 2. The quantitative estimate of drug-likeness (QED) is 0.439. The first kappa shape index (κ1) is 26.3. The number of likely N-dealkylation sites (tertiary alicyclic amines) is 1. The lowest BCUT2D eigenvalue weighted by atomic mass is 9.60. The molecule has 7 nitrogen and oxygen atoms in total. The largest absolute Gasteiger partial charge is 0.489 e. The van der Waals surface area contributed by atoms with Crippen LogP contribution in [0.5, 0.6) is 5.75 Å². The lowest BCUT2D eigenvalue weighted by molar-refractivity contribution is -0.134. The fraction of sp³-hybridized carbons (Fsp3) is 0.484. The normalized spacial score (nSPS) is 17.2. The van der Waals surface area contributed by atoms with E-state index >= 15 is 0 Å². The molecule has 38 heavy (non-hydrogen) atoms. The molecular weight excluding hydrogens is 476 g/mol. The van der Waals surface area contributed by atoms with E-state index in [9.17, 15) is 9.59 Å². The molecule has 1 spiro atoms. The number of hydrogen-bond donors (Lipinski definition) is 2. The number of aromatic nitrogens is 1. The van der Waals surface area contributed by atoms with Crippen LogP contribution in [0.15, 0.2) is 54.7 Å². The minimum absolute atomic E-state index is 0.112. The standard InChI is InChI=1S/C31H40N4O3/c1-22(2)34(3)20-29(36)33-25-17-31(18-25)11-13-35(14-12-31)30(37)15-24-19-32-28-10-9-26(16-27(24)28)38-21-23-7-5-4-6-8-23/h4-10,16,19,22,25,32H,11-15,17-18,20-21H2,1-3H3,(H,33,36). The number of ether oxygens (including phenoxy) is 1. The third kappa shape index (κ3) is 6.04. The Morgan fingerprint density at radius 2 is 1.87 bits per heavy atom. The molecule has 2 aromatic carbocycles. The van der Waals surface area contributed by atoms with Crippen LogP contribution in [0, 0.1) is 5.41 Å². The average molecular weight is 517 g/mol. The first-order valence-electron chi connectivity index (χ1n) is 13.8. The van der Waals surface area contributed by atoms with Crippen molar-refractivity contribution in [1.82, 2.24) is 20.1 Å². The van der Waals surface area contributed by atoms with Gasteiger partial charge < -0.3 is 19.9 Å². The monoisotopic (exact) mass is 516 g/mol. The third-order valence-electron chi connectivity index (χ3n) is 8.50. The van der Waals surface area contributed by atoms with Gasteiger partial charge in [0.15, 0.2) is 0 Å². The van der Waals surface area contributed by atoms with Crippen molar-refractivity contribution < 1.29 is 14.3 Å². The number of amides is 2. The number of benzene rings is 2. The number of aromatic amines is 1. The Labute approximate surface area is 225 Å². The van der Waals surface area contributed by atoms with Crippen LogP contribution < -0.4 is 10.1 Å². The summed E-state index contributed by atoms with van der Waals surface area (Å²) in [6, 6.07) is 16.8. The molecule has 1 saturated carbocycles. The number of fused-ring (bicyclic) bond motifs is 1. The van der Waals surface area contributed by atoms with E-state index in [0.717, 1.165) is 66.6 Å². The van der Waals surface area contributed by atoms with Crippen LogP contribution in [0.4, 0.5) is 0 Å². The molecule has 2 fully saturated rings. The van der Waals surface area contributed by atoms with E-state index in [1.165, 1.54) is 0 Å². The van der Waals surface area contributed by atoms with Gasteiger partial charge in [-0.1, -0.05) is 30.3 Å². The van der Waals surface area contributed by atoms with Gasteiger partial charge >= 0.3 is 0 Å². The van der Waals surface area contributed by atoms with E-state index in [4.69, 9.17) is 4.74 Å². The molecular formula is C31H40N4O3. The zero-order chi connectivity index (χ0) is 26.7. The molecule has 1 aromatic heterocycles. The lowest BCUT2D eigenvalue weighted by Gasteiger charge is -2.52. The first-order chi connectivity index (χ1) is 18.3. The van der Waals surface area contributed by atoms with E-state index in [1.807, 2.05) is 66.7 Å². The summed E-state index contributed by atoms with van der Waals surface area (Å²) >= 11 is 0. The average Bonchev–Trinajstić information content (AvgIpc) is 3.29. The summed E-state index contributed by atoms with van der Waals surface area (Å²) in [5.74, 6) is 1.09. The van der Waals surface area contributed by atoms with Gasteiger partial charge in [0.1, 0.15) is 12.4 Å². The number of hydrogen-bond acceptors (Lipinski definition) is 4. The number of piperidine rings is 1. The molecule has 1 saturated heterocycles. The number of H-pyrrole nitrogens is 1.